The summed E-state index contributed by atoms with van der Waals surface area (Å²) in [6.45, 7) is 0.676. The molecule has 0 atom stereocenters. The maximum Gasteiger partial charge on any atom is 0.346 e. The Morgan fingerprint density at radius 2 is 1.63 bits per heavy atom. The molecule has 1 saturated carbocycles. The molecule has 0 radical (unpaired) electrons. The van der Waals surface area contributed by atoms with E-state index in [0.717, 1.165) is 6.07 Å². The molecule has 27 heavy (non-hydrogen) atoms. The molecule has 0 saturated heterocycles. The minimum atomic E-state index is -1.30. The number of esters is 1. The number of halogens is 2. The van der Waals surface area contributed by atoms with E-state index >= 15 is 0 Å². The van der Waals surface area contributed by atoms with E-state index in [1.54, 1.807) is 24.3 Å². The molecule has 0 spiro atoms. The van der Waals surface area contributed by atoms with Crippen molar-refractivity contribution in [2.75, 3.05) is 13.7 Å². The van der Waals surface area contributed by atoms with E-state index < -0.39 is 23.2 Å². The monoisotopic (exact) mass is 376 g/mol. The van der Waals surface area contributed by atoms with Gasteiger partial charge in [-0.3, -0.25) is 0 Å². The van der Waals surface area contributed by atoms with Gasteiger partial charge in [0.2, 0.25) is 5.82 Å². The highest BCUT2D eigenvalue weighted by Crippen LogP contribution is 2.26. The van der Waals surface area contributed by atoms with Gasteiger partial charge in [-0.25, -0.2) is 9.18 Å². The molecule has 0 aromatic heterocycles. The molecule has 1 fully saturated rings. The number of hydrogen-bond donors (Lipinski definition) is 0. The lowest BCUT2D eigenvalue weighted by molar-refractivity contribution is 0.0728. The lowest BCUT2D eigenvalue weighted by Crippen LogP contribution is -2.15. The summed E-state index contributed by atoms with van der Waals surface area (Å²) in [5.74, 6) is -2.29. The van der Waals surface area contributed by atoms with Crippen molar-refractivity contribution < 1.29 is 27.8 Å². The van der Waals surface area contributed by atoms with Crippen LogP contribution >= 0.6 is 0 Å². The average molecular weight is 376 g/mol. The molecule has 0 heterocycles. The van der Waals surface area contributed by atoms with E-state index in [9.17, 15) is 13.6 Å². The second kappa shape index (κ2) is 8.84. The number of methoxy groups -OCH3 is 1. The summed E-state index contributed by atoms with van der Waals surface area (Å²) in [5.41, 5.74) is -0.495. The summed E-state index contributed by atoms with van der Waals surface area (Å²) in [6.07, 6.45) is 6.20. The van der Waals surface area contributed by atoms with Gasteiger partial charge in [0.1, 0.15) is 11.5 Å². The summed E-state index contributed by atoms with van der Waals surface area (Å²) in [6, 6.07) is 8.81. The first kappa shape index (κ1) is 19.1. The Labute approximate surface area is 157 Å². The number of benzene rings is 2. The number of carbonyl (C=O) groups is 1. The first-order valence-electron chi connectivity index (χ1n) is 9.05. The number of rotatable bonds is 6. The third-order valence-corrected chi connectivity index (χ3v) is 4.73. The first-order chi connectivity index (χ1) is 13.1. The Kier molecular flexibility index (Phi) is 6.27. The minimum Gasteiger partial charge on any atom is -0.494 e. The van der Waals surface area contributed by atoms with Crippen molar-refractivity contribution >= 4 is 5.97 Å². The minimum absolute atomic E-state index is 0.223. The van der Waals surface area contributed by atoms with Crippen molar-refractivity contribution in [3.05, 3.63) is 53.6 Å². The van der Waals surface area contributed by atoms with Crippen molar-refractivity contribution in [1.82, 2.24) is 0 Å². The molecule has 0 N–H and O–H groups in total. The van der Waals surface area contributed by atoms with Crippen molar-refractivity contribution in [3.8, 4) is 17.2 Å². The first-order valence-corrected chi connectivity index (χ1v) is 9.05. The predicted molar refractivity (Wildman–Crippen MR) is 96.4 cm³/mol. The summed E-state index contributed by atoms with van der Waals surface area (Å²) in [7, 11) is 1.22. The highest BCUT2D eigenvalue weighted by molar-refractivity contribution is 5.91. The molecule has 0 aliphatic heterocycles. The fourth-order valence-corrected chi connectivity index (χ4v) is 3.18. The Balaban J connectivity index is 1.59. The van der Waals surface area contributed by atoms with E-state index in [4.69, 9.17) is 9.47 Å². The molecule has 144 valence electrons. The van der Waals surface area contributed by atoms with Crippen LogP contribution in [0.1, 0.15) is 42.5 Å². The van der Waals surface area contributed by atoms with Gasteiger partial charge in [-0.05, 0) is 55.2 Å². The molecular formula is C21H22F2O4. The van der Waals surface area contributed by atoms with E-state index in [-0.39, 0.29) is 11.5 Å². The standard InChI is InChI=1S/C21H22F2O4/c1-25-18-12-11-17(19(22)20(18)23)21(24)27-16-9-7-15(8-10-16)26-13-14-5-3-2-4-6-14/h7-12,14H,2-6,13H2,1H3. The van der Waals surface area contributed by atoms with Crippen LogP contribution in [0.2, 0.25) is 0 Å². The molecule has 1 aliphatic rings. The van der Waals surface area contributed by atoms with Crippen molar-refractivity contribution in [3.63, 3.8) is 0 Å². The van der Waals surface area contributed by atoms with E-state index in [0.29, 0.717) is 18.3 Å². The van der Waals surface area contributed by atoms with Gasteiger partial charge in [0.05, 0.1) is 19.3 Å². The van der Waals surface area contributed by atoms with E-state index in [2.05, 4.69) is 4.74 Å². The largest absolute Gasteiger partial charge is 0.494 e. The number of carbonyl (C=O) groups excluding carboxylic acids is 1. The van der Waals surface area contributed by atoms with Gasteiger partial charge in [0, 0.05) is 0 Å². The van der Waals surface area contributed by atoms with E-state index in [1.807, 2.05) is 0 Å². The third-order valence-electron chi connectivity index (χ3n) is 4.73. The maximum absolute atomic E-state index is 14.0. The SMILES string of the molecule is COc1ccc(C(=O)Oc2ccc(OCC3CCCCC3)cc2)c(F)c1F. The Hall–Kier alpha value is -2.63. The fourth-order valence-electron chi connectivity index (χ4n) is 3.18. The summed E-state index contributed by atoms with van der Waals surface area (Å²) in [5, 5.41) is 0. The van der Waals surface area contributed by atoms with Crippen LogP contribution in [0.3, 0.4) is 0 Å². The quantitative estimate of drug-likeness (QED) is 0.517. The molecule has 1 aliphatic carbocycles. The van der Waals surface area contributed by atoms with Gasteiger partial charge >= 0.3 is 5.97 Å². The summed E-state index contributed by atoms with van der Waals surface area (Å²) in [4.78, 5) is 12.1. The molecule has 4 nitrogen and oxygen atoms in total. The maximum atomic E-state index is 14.0. The highest BCUT2D eigenvalue weighted by Gasteiger charge is 2.21. The van der Waals surface area contributed by atoms with Crippen LogP contribution in [-0.2, 0) is 0 Å². The second-order valence-electron chi connectivity index (χ2n) is 6.62. The van der Waals surface area contributed by atoms with Crippen molar-refractivity contribution in [1.29, 1.82) is 0 Å². The van der Waals surface area contributed by atoms with Gasteiger partial charge < -0.3 is 14.2 Å². The Morgan fingerprint density at radius 3 is 2.30 bits per heavy atom. The van der Waals surface area contributed by atoms with Crippen LogP contribution in [-0.4, -0.2) is 19.7 Å². The Bertz CT molecular complexity index is 784. The van der Waals surface area contributed by atoms with Gasteiger partial charge in [0.15, 0.2) is 11.6 Å². The van der Waals surface area contributed by atoms with Crippen LogP contribution in [0.25, 0.3) is 0 Å². The van der Waals surface area contributed by atoms with Gasteiger partial charge in [-0.2, -0.15) is 4.39 Å². The lowest BCUT2D eigenvalue weighted by Gasteiger charge is -2.21. The normalized spacial score (nSPS) is 14.6. The third kappa shape index (κ3) is 4.76. The molecule has 0 amide bonds. The smallest absolute Gasteiger partial charge is 0.346 e. The van der Waals surface area contributed by atoms with Crippen LogP contribution in [0, 0.1) is 17.6 Å². The zero-order chi connectivity index (χ0) is 19.2. The highest BCUT2D eigenvalue weighted by atomic mass is 19.2. The molecule has 2 aromatic rings. The topological polar surface area (TPSA) is 44.8 Å². The van der Waals surface area contributed by atoms with Gasteiger partial charge in [-0.15, -0.1) is 0 Å². The van der Waals surface area contributed by atoms with Crippen LogP contribution in [0.4, 0.5) is 8.78 Å². The Morgan fingerprint density at radius 1 is 0.963 bits per heavy atom. The van der Waals surface area contributed by atoms with Crippen molar-refractivity contribution in [2.24, 2.45) is 5.92 Å². The van der Waals surface area contributed by atoms with Crippen LogP contribution < -0.4 is 14.2 Å². The average Bonchev–Trinajstić information content (AvgIpc) is 2.70. The molecule has 2 aromatic carbocycles. The predicted octanol–water partition coefficient (Wildman–Crippen LogP) is 5.15. The van der Waals surface area contributed by atoms with Crippen LogP contribution in [0.15, 0.2) is 36.4 Å². The molecule has 0 bridgehead atoms. The van der Waals surface area contributed by atoms with Crippen molar-refractivity contribution in [2.45, 2.75) is 32.1 Å². The number of ether oxygens (including phenoxy) is 3. The summed E-state index contributed by atoms with van der Waals surface area (Å²) < 4.78 is 43.3. The zero-order valence-corrected chi connectivity index (χ0v) is 15.2. The molecule has 0 unspecified atom stereocenters. The molecule has 6 heteroatoms. The zero-order valence-electron chi connectivity index (χ0n) is 15.2. The molecule has 3 rings (SSSR count). The van der Waals surface area contributed by atoms with Gasteiger partial charge in [-0.1, -0.05) is 19.3 Å². The lowest BCUT2D eigenvalue weighted by atomic mass is 9.90. The number of hydrogen-bond acceptors (Lipinski definition) is 4. The second-order valence-corrected chi connectivity index (χ2v) is 6.62. The molecular weight excluding hydrogens is 354 g/mol. The fraction of sp³-hybridized carbons (Fsp3) is 0.381. The van der Waals surface area contributed by atoms with Crippen LogP contribution in [0.5, 0.6) is 17.2 Å². The van der Waals surface area contributed by atoms with E-state index in [1.165, 1.54) is 45.3 Å². The summed E-state index contributed by atoms with van der Waals surface area (Å²) >= 11 is 0. The van der Waals surface area contributed by atoms with Gasteiger partial charge in [0.25, 0.3) is 0 Å².